The number of carboxylic acids is 1. The Morgan fingerprint density at radius 3 is 2.11 bits per heavy atom. The molecule has 0 saturated carbocycles. The number of halogens is 2. The second-order valence-electron chi connectivity index (χ2n) is 4.05. The van der Waals surface area contributed by atoms with Gasteiger partial charge in [-0.1, -0.05) is 23.2 Å². The molecule has 0 unspecified atom stereocenters. The number of hydrogen-bond acceptors (Lipinski definition) is 1. The maximum absolute atomic E-state index is 11.1. The molecule has 0 spiro atoms. The van der Waals surface area contributed by atoms with Crippen LogP contribution >= 0.6 is 23.2 Å². The molecule has 1 N–H and O–H groups in total. The summed E-state index contributed by atoms with van der Waals surface area (Å²) >= 11 is 11.9. The van der Waals surface area contributed by atoms with Crippen molar-refractivity contribution in [2.45, 2.75) is 13.8 Å². The summed E-state index contributed by atoms with van der Waals surface area (Å²) in [5, 5.41) is 10.1. The van der Waals surface area contributed by atoms with Crippen molar-refractivity contribution in [3.05, 3.63) is 51.3 Å². The molecule has 5 heteroatoms. The van der Waals surface area contributed by atoms with E-state index in [0.29, 0.717) is 15.7 Å². The van der Waals surface area contributed by atoms with Gasteiger partial charge in [0.2, 0.25) is 0 Å². The zero-order chi connectivity index (χ0) is 13.4. The van der Waals surface area contributed by atoms with Crippen LogP contribution in [0.5, 0.6) is 0 Å². The van der Waals surface area contributed by atoms with Gasteiger partial charge in [-0.05, 0) is 38.1 Å². The summed E-state index contributed by atoms with van der Waals surface area (Å²) in [4.78, 5) is 11.1. The van der Waals surface area contributed by atoms with Crippen LogP contribution in [0.25, 0.3) is 5.69 Å². The van der Waals surface area contributed by atoms with Crippen molar-refractivity contribution in [2.75, 3.05) is 0 Å². The first-order valence-electron chi connectivity index (χ1n) is 5.29. The molecule has 18 heavy (non-hydrogen) atoms. The first-order chi connectivity index (χ1) is 8.40. The highest BCUT2D eigenvalue weighted by Gasteiger charge is 2.16. The highest BCUT2D eigenvalue weighted by Crippen LogP contribution is 2.26. The van der Waals surface area contributed by atoms with Gasteiger partial charge in [0.15, 0.2) is 0 Å². The molecule has 2 rings (SSSR count). The molecule has 3 nitrogen and oxygen atoms in total. The molecule has 0 radical (unpaired) electrons. The van der Waals surface area contributed by atoms with E-state index in [1.807, 2.05) is 11.5 Å². The lowest BCUT2D eigenvalue weighted by molar-refractivity contribution is 0.0696. The Bertz CT molecular complexity index is 612. The zero-order valence-electron chi connectivity index (χ0n) is 9.87. The summed E-state index contributed by atoms with van der Waals surface area (Å²) in [5.74, 6) is -0.942. The monoisotopic (exact) mass is 283 g/mol. The largest absolute Gasteiger partial charge is 0.478 e. The minimum Gasteiger partial charge on any atom is -0.478 e. The first kappa shape index (κ1) is 13.0. The Hall–Kier alpha value is -1.45. The van der Waals surface area contributed by atoms with E-state index in [9.17, 15) is 4.79 Å². The smallest absolute Gasteiger partial charge is 0.337 e. The molecule has 0 aliphatic rings. The van der Waals surface area contributed by atoms with Crippen LogP contribution in [0.4, 0.5) is 0 Å². The quantitative estimate of drug-likeness (QED) is 0.902. The molecule has 0 saturated heterocycles. The van der Waals surface area contributed by atoms with Gasteiger partial charge in [0.25, 0.3) is 0 Å². The Morgan fingerprint density at radius 1 is 1.11 bits per heavy atom. The predicted octanol–water partition coefficient (Wildman–Crippen LogP) is 4.10. The highest BCUT2D eigenvalue weighted by molar-refractivity contribution is 6.34. The maximum Gasteiger partial charge on any atom is 0.337 e. The molecule has 0 aliphatic heterocycles. The van der Waals surface area contributed by atoms with Crippen molar-refractivity contribution in [1.82, 2.24) is 4.57 Å². The lowest BCUT2D eigenvalue weighted by atomic mass is 10.2. The zero-order valence-corrected chi connectivity index (χ0v) is 11.4. The number of rotatable bonds is 2. The Kier molecular flexibility index (Phi) is 3.37. The third-order valence-electron chi connectivity index (χ3n) is 2.77. The minimum absolute atomic E-state index is 0.281. The van der Waals surface area contributed by atoms with Crippen LogP contribution in [0.1, 0.15) is 21.7 Å². The lowest BCUT2D eigenvalue weighted by Gasteiger charge is -2.10. The molecule has 94 valence electrons. The minimum atomic E-state index is -0.942. The SMILES string of the molecule is Cc1cc(C(=O)O)c(C)n1-c1cc(Cl)cc(Cl)c1. The standard InChI is InChI=1S/C13H11Cl2NO2/c1-7-3-12(13(17)18)8(2)16(7)11-5-9(14)4-10(15)6-11/h3-6H,1-2H3,(H,17,18). The fourth-order valence-corrected chi connectivity index (χ4v) is 2.56. The van der Waals surface area contributed by atoms with Crippen LogP contribution in [-0.2, 0) is 0 Å². The fraction of sp³-hybridized carbons (Fsp3) is 0.154. The van der Waals surface area contributed by atoms with E-state index >= 15 is 0 Å². The average Bonchev–Trinajstić information content (AvgIpc) is 2.52. The maximum atomic E-state index is 11.1. The fourth-order valence-electron chi connectivity index (χ4n) is 2.05. The first-order valence-corrected chi connectivity index (χ1v) is 6.04. The van der Waals surface area contributed by atoms with Crippen LogP contribution in [0, 0.1) is 13.8 Å². The number of benzene rings is 1. The van der Waals surface area contributed by atoms with Crippen LogP contribution in [0.3, 0.4) is 0 Å². The molecule has 1 aromatic carbocycles. The normalized spacial score (nSPS) is 10.7. The van der Waals surface area contributed by atoms with Crippen LogP contribution < -0.4 is 0 Å². The number of aromatic carboxylic acids is 1. The molecule has 0 atom stereocenters. The van der Waals surface area contributed by atoms with Crippen molar-refractivity contribution in [1.29, 1.82) is 0 Å². The molecule has 2 aromatic rings. The van der Waals surface area contributed by atoms with Gasteiger partial charge in [-0.15, -0.1) is 0 Å². The molecular formula is C13H11Cl2NO2. The predicted molar refractivity (Wildman–Crippen MR) is 72.2 cm³/mol. The van der Waals surface area contributed by atoms with Gasteiger partial charge in [-0.2, -0.15) is 0 Å². The van der Waals surface area contributed by atoms with Crippen LogP contribution in [-0.4, -0.2) is 15.6 Å². The Morgan fingerprint density at radius 2 is 1.67 bits per heavy atom. The summed E-state index contributed by atoms with van der Waals surface area (Å²) in [7, 11) is 0. The summed E-state index contributed by atoms with van der Waals surface area (Å²) in [6.45, 7) is 3.60. The molecule has 1 aromatic heterocycles. The van der Waals surface area contributed by atoms with Gasteiger partial charge in [-0.3, -0.25) is 0 Å². The van der Waals surface area contributed by atoms with E-state index in [-0.39, 0.29) is 5.56 Å². The summed E-state index contributed by atoms with van der Waals surface area (Å²) in [6.07, 6.45) is 0. The lowest BCUT2D eigenvalue weighted by Crippen LogP contribution is -2.02. The van der Waals surface area contributed by atoms with E-state index in [1.54, 1.807) is 31.2 Å². The summed E-state index contributed by atoms with van der Waals surface area (Å²) in [6, 6.07) is 6.77. The van der Waals surface area contributed by atoms with Crippen molar-refractivity contribution in [3.63, 3.8) is 0 Å². The third kappa shape index (κ3) is 2.24. The van der Waals surface area contributed by atoms with Crippen molar-refractivity contribution in [3.8, 4) is 5.69 Å². The molecule has 0 bridgehead atoms. The molecule has 0 fully saturated rings. The van der Waals surface area contributed by atoms with E-state index < -0.39 is 5.97 Å². The van der Waals surface area contributed by atoms with E-state index in [2.05, 4.69) is 0 Å². The van der Waals surface area contributed by atoms with Gasteiger partial charge in [-0.25, -0.2) is 4.79 Å². The van der Waals surface area contributed by atoms with Gasteiger partial charge in [0.1, 0.15) is 0 Å². The molecule has 0 aliphatic carbocycles. The number of aromatic nitrogens is 1. The van der Waals surface area contributed by atoms with E-state index in [4.69, 9.17) is 28.3 Å². The molecule has 0 amide bonds. The van der Waals surface area contributed by atoms with Crippen molar-refractivity contribution >= 4 is 29.2 Å². The highest BCUT2D eigenvalue weighted by atomic mass is 35.5. The molecule has 1 heterocycles. The van der Waals surface area contributed by atoms with Crippen molar-refractivity contribution in [2.24, 2.45) is 0 Å². The van der Waals surface area contributed by atoms with Crippen LogP contribution in [0.2, 0.25) is 10.0 Å². The number of aryl methyl sites for hydroxylation is 1. The van der Waals surface area contributed by atoms with Gasteiger partial charge in [0.05, 0.1) is 5.56 Å². The number of carbonyl (C=O) groups is 1. The Labute approximate surface area is 115 Å². The van der Waals surface area contributed by atoms with E-state index in [1.165, 1.54) is 0 Å². The second kappa shape index (κ2) is 4.67. The van der Waals surface area contributed by atoms with Gasteiger partial charge < -0.3 is 9.67 Å². The summed E-state index contributed by atoms with van der Waals surface area (Å²) < 4.78 is 1.82. The van der Waals surface area contributed by atoms with Crippen LogP contribution in [0.15, 0.2) is 24.3 Å². The number of nitrogens with zero attached hydrogens (tertiary/aromatic N) is 1. The number of carboxylic acid groups (broad SMARTS) is 1. The number of hydrogen-bond donors (Lipinski definition) is 1. The topological polar surface area (TPSA) is 42.2 Å². The van der Waals surface area contributed by atoms with E-state index in [0.717, 1.165) is 11.4 Å². The Balaban J connectivity index is 2.67. The van der Waals surface area contributed by atoms with Gasteiger partial charge in [0, 0.05) is 27.1 Å². The average molecular weight is 284 g/mol. The van der Waals surface area contributed by atoms with Gasteiger partial charge >= 0.3 is 5.97 Å². The second-order valence-corrected chi connectivity index (χ2v) is 4.93. The van der Waals surface area contributed by atoms with Crippen molar-refractivity contribution < 1.29 is 9.90 Å². The summed E-state index contributed by atoms with van der Waals surface area (Å²) in [5.41, 5.74) is 2.51. The third-order valence-corrected chi connectivity index (χ3v) is 3.20. The molecular weight excluding hydrogens is 273 g/mol.